The van der Waals surface area contributed by atoms with Gasteiger partial charge in [0.15, 0.2) is 5.03 Å². The second-order valence-corrected chi connectivity index (χ2v) is 6.94. The first-order valence-corrected chi connectivity index (χ1v) is 8.88. The molecule has 1 saturated heterocycles. The van der Waals surface area contributed by atoms with E-state index < -0.39 is 10.0 Å². The summed E-state index contributed by atoms with van der Waals surface area (Å²) in [4.78, 5) is 0. The fourth-order valence-electron chi connectivity index (χ4n) is 2.51. The predicted octanol–water partition coefficient (Wildman–Crippen LogP) is 0.709. The van der Waals surface area contributed by atoms with Gasteiger partial charge in [-0.25, -0.2) is 8.42 Å². The maximum atomic E-state index is 12.7. The van der Waals surface area contributed by atoms with E-state index in [-0.39, 0.29) is 11.1 Å². The van der Waals surface area contributed by atoms with Crippen LogP contribution in [0, 0.1) is 0 Å². The molecule has 0 amide bonds. The van der Waals surface area contributed by atoms with Gasteiger partial charge >= 0.3 is 0 Å². The number of ether oxygens (including phenoxy) is 1. The number of sulfonamides is 1. The summed E-state index contributed by atoms with van der Waals surface area (Å²) in [6, 6.07) is 0. The van der Waals surface area contributed by atoms with E-state index in [9.17, 15) is 8.42 Å². The van der Waals surface area contributed by atoms with Crippen LogP contribution < -0.4 is 5.32 Å². The zero-order chi connectivity index (χ0) is 15.3. The van der Waals surface area contributed by atoms with Crippen LogP contribution in [-0.2, 0) is 21.3 Å². The maximum Gasteiger partial charge on any atom is 0.260 e. The summed E-state index contributed by atoms with van der Waals surface area (Å²) in [6.07, 6.45) is 3.22. The van der Waals surface area contributed by atoms with Gasteiger partial charge in [0.2, 0.25) is 0 Å². The maximum absolute atomic E-state index is 12.7. The first kappa shape index (κ1) is 16.4. The number of aromatic nitrogens is 2. The lowest BCUT2D eigenvalue weighted by Gasteiger charge is -2.30. The van der Waals surface area contributed by atoms with Gasteiger partial charge in [-0.05, 0) is 26.3 Å². The number of nitrogens with one attached hydrogen (secondary N) is 2. The van der Waals surface area contributed by atoms with Crippen LogP contribution >= 0.6 is 0 Å². The lowest BCUT2D eigenvalue weighted by molar-refractivity contribution is 0.0289. The fourth-order valence-corrected chi connectivity index (χ4v) is 4.09. The Morgan fingerprint density at radius 3 is 2.76 bits per heavy atom. The van der Waals surface area contributed by atoms with Gasteiger partial charge in [0.05, 0.1) is 12.3 Å². The Hall–Kier alpha value is -0.960. The highest BCUT2D eigenvalue weighted by Gasteiger charge is 2.32. The fraction of sp³-hybridized carbons (Fsp3) is 0.769. The van der Waals surface area contributed by atoms with Gasteiger partial charge in [-0.15, -0.1) is 0 Å². The lowest BCUT2D eigenvalue weighted by atomic mass is 10.1. The SMILES string of the molecule is CCNCc1cn[nH]c1S(=O)(=O)N1CCC(OCC)CC1. The first-order chi connectivity index (χ1) is 10.1. The van der Waals surface area contributed by atoms with E-state index in [1.165, 1.54) is 4.31 Å². The Morgan fingerprint density at radius 1 is 1.43 bits per heavy atom. The zero-order valence-electron chi connectivity index (χ0n) is 12.6. The van der Waals surface area contributed by atoms with Crippen LogP contribution in [0.5, 0.6) is 0 Å². The van der Waals surface area contributed by atoms with Crippen LogP contribution in [0.4, 0.5) is 0 Å². The molecule has 1 aromatic rings. The van der Waals surface area contributed by atoms with E-state index in [4.69, 9.17) is 4.74 Å². The Bertz CT molecular complexity index is 535. The average Bonchev–Trinajstić information content (AvgIpc) is 2.95. The molecule has 0 atom stereocenters. The topological polar surface area (TPSA) is 87.3 Å². The number of rotatable bonds is 7. The highest BCUT2D eigenvalue weighted by molar-refractivity contribution is 7.89. The Kier molecular flexibility index (Phi) is 5.74. The molecule has 0 spiro atoms. The summed E-state index contributed by atoms with van der Waals surface area (Å²) in [7, 11) is -3.50. The average molecular weight is 316 g/mol. The molecular weight excluding hydrogens is 292 g/mol. The largest absolute Gasteiger partial charge is 0.378 e. The molecular formula is C13H24N4O3S. The Balaban J connectivity index is 2.07. The van der Waals surface area contributed by atoms with Crippen molar-refractivity contribution in [1.29, 1.82) is 0 Å². The highest BCUT2D eigenvalue weighted by Crippen LogP contribution is 2.22. The van der Waals surface area contributed by atoms with E-state index in [1.807, 2.05) is 13.8 Å². The third-order valence-electron chi connectivity index (χ3n) is 3.64. The molecule has 2 N–H and O–H groups in total. The van der Waals surface area contributed by atoms with E-state index >= 15 is 0 Å². The Labute approximate surface area is 126 Å². The van der Waals surface area contributed by atoms with Crippen LogP contribution in [0.15, 0.2) is 11.2 Å². The third kappa shape index (κ3) is 3.82. The van der Waals surface area contributed by atoms with Gasteiger partial charge in [0.25, 0.3) is 10.0 Å². The zero-order valence-corrected chi connectivity index (χ0v) is 13.4. The smallest absolute Gasteiger partial charge is 0.260 e. The molecule has 0 saturated carbocycles. The van der Waals surface area contributed by atoms with E-state index in [2.05, 4.69) is 15.5 Å². The summed E-state index contributed by atoms with van der Waals surface area (Å²) >= 11 is 0. The second kappa shape index (κ2) is 7.35. The minimum atomic E-state index is -3.50. The number of piperidine rings is 1. The molecule has 0 aromatic carbocycles. The first-order valence-electron chi connectivity index (χ1n) is 7.44. The van der Waals surface area contributed by atoms with Crippen molar-refractivity contribution in [1.82, 2.24) is 19.8 Å². The Morgan fingerprint density at radius 2 is 2.14 bits per heavy atom. The molecule has 8 heteroatoms. The highest BCUT2D eigenvalue weighted by atomic mass is 32.2. The molecule has 120 valence electrons. The van der Waals surface area contributed by atoms with Gasteiger partial charge < -0.3 is 10.1 Å². The van der Waals surface area contributed by atoms with Gasteiger partial charge in [-0.3, -0.25) is 5.10 Å². The van der Waals surface area contributed by atoms with Crippen LogP contribution in [0.1, 0.15) is 32.3 Å². The van der Waals surface area contributed by atoms with Crippen molar-refractivity contribution >= 4 is 10.0 Å². The molecule has 21 heavy (non-hydrogen) atoms. The normalized spacial score (nSPS) is 18.2. The van der Waals surface area contributed by atoms with E-state index in [1.54, 1.807) is 6.20 Å². The molecule has 0 bridgehead atoms. The van der Waals surface area contributed by atoms with E-state index in [0.29, 0.717) is 31.8 Å². The number of hydrogen-bond donors (Lipinski definition) is 2. The molecule has 7 nitrogen and oxygen atoms in total. The van der Waals surface area contributed by atoms with Crippen molar-refractivity contribution < 1.29 is 13.2 Å². The number of H-pyrrole nitrogens is 1. The van der Waals surface area contributed by atoms with Gasteiger partial charge in [-0.2, -0.15) is 9.40 Å². The minimum absolute atomic E-state index is 0.171. The van der Waals surface area contributed by atoms with Crippen molar-refractivity contribution in [3.05, 3.63) is 11.8 Å². The van der Waals surface area contributed by atoms with Crippen molar-refractivity contribution in [3.8, 4) is 0 Å². The molecule has 1 aliphatic heterocycles. The number of aromatic amines is 1. The molecule has 1 aromatic heterocycles. The molecule has 2 heterocycles. The third-order valence-corrected chi connectivity index (χ3v) is 5.56. The quantitative estimate of drug-likeness (QED) is 0.773. The minimum Gasteiger partial charge on any atom is -0.378 e. The van der Waals surface area contributed by atoms with Crippen molar-refractivity contribution in [2.24, 2.45) is 0 Å². The monoisotopic (exact) mass is 316 g/mol. The number of nitrogens with zero attached hydrogens (tertiary/aromatic N) is 2. The van der Waals surface area contributed by atoms with Crippen molar-refractivity contribution in [2.45, 2.75) is 44.4 Å². The summed E-state index contributed by atoms with van der Waals surface area (Å²) in [5.74, 6) is 0. The molecule has 2 rings (SSSR count). The summed E-state index contributed by atoms with van der Waals surface area (Å²) < 4.78 is 32.4. The molecule has 1 fully saturated rings. The van der Waals surface area contributed by atoms with Crippen LogP contribution in [0.25, 0.3) is 0 Å². The van der Waals surface area contributed by atoms with Crippen LogP contribution in [0.2, 0.25) is 0 Å². The van der Waals surface area contributed by atoms with Gasteiger partial charge in [0.1, 0.15) is 0 Å². The summed E-state index contributed by atoms with van der Waals surface area (Å²) in [5.41, 5.74) is 0.684. The standard InChI is InChI=1S/C13H24N4O3S/c1-3-14-9-11-10-15-16-13(11)21(18,19)17-7-5-12(6-8-17)20-4-2/h10,12,14H,3-9H2,1-2H3,(H,15,16). The van der Waals surface area contributed by atoms with E-state index in [0.717, 1.165) is 19.4 Å². The molecule has 0 aliphatic carbocycles. The second-order valence-electron chi connectivity index (χ2n) is 5.06. The molecule has 0 unspecified atom stereocenters. The molecule has 0 radical (unpaired) electrons. The van der Waals surface area contributed by atoms with Crippen LogP contribution in [0.3, 0.4) is 0 Å². The predicted molar refractivity (Wildman–Crippen MR) is 79.4 cm³/mol. The van der Waals surface area contributed by atoms with Gasteiger partial charge in [-0.1, -0.05) is 6.92 Å². The van der Waals surface area contributed by atoms with Crippen molar-refractivity contribution in [3.63, 3.8) is 0 Å². The summed E-state index contributed by atoms with van der Waals surface area (Å²) in [5, 5.41) is 9.86. The van der Waals surface area contributed by atoms with Crippen LogP contribution in [-0.4, -0.2) is 55.3 Å². The van der Waals surface area contributed by atoms with Crippen molar-refractivity contribution in [2.75, 3.05) is 26.2 Å². The molecule has 1 aliphatic rings. The number of hydrogen-bond acceptors (Lipinski definition) is 5. The van der Waals surface area contributed by atoms with Gasteiger partial charge in [0, 0.05) is 31.8 Å². The summed E-state index contributed by atoms with van der Waals surface area (Å²) in [6.45, 7) is 6.87. The lowest BCUT2D eigenvalue weighted by Crippen LogP contribution is -2.41.